The largest absolute Gasteiger partial charge is 0.495 e. The molecule has 0 aliphatic rings. The van der Waals surface area contributed by atoms with Crippen LogP contribution in [0.3, 0.4) is 0 Å². The number of ether oxygens (including phenoxy) is 2. The molecule has 8 heteroatoms. The van der Waals surface area contributed by atoms with E-state index in [1.165, 1.54) is 19.5 Å². The lowest BCUT2D eigenvalue weighted by molar-refractivity contribution is 0.0523. The third-order valence-corrected chi connectivity index (χ3v) is 2.57. The number of alkyl carbamates (subject to hydrolysis) is 1. The summed E-state index contributed by atoms with van der Waals surface area (Å²) in [5.74, 6) is 0.459. The zero-order valence-electron chi connectivity index (χ0n) is 13.1. The Balaban J connectivity index is 2.82. The number of nitrogens with zero attached hydrogens (tertiary/aromatic N) is 1. The number of pyridine rings is 1. The molecule has 1 aromatic rings. The molecule has 8 nitrogen and oxygen atoms in total. The highest BCUT2D eigenvalue weighted by molar-refractivity contribution is 5.68. The molecule has 0 atom stereocenters. The van der Waals surface area contributed by atoms with Crippen molar-refractivity contribution in [3.8, 4) is 5.75 Å². The molecule has 0 unspecified atom stereocenters. The van der Waals surface area contributed by atoms with Crippen LogP contribution in [0.2, 0.25) is 0 Å². The first-order valence-electron chi connectivity index (χ1n) is 6.66. The van der Waals surface area contributed by atoms with Crippen LogP contribution in [0, 0.1) is 0 Å². The first-order chi connectivity index (χ1) is 10.2. The number of nitrogens with one attached hydrogen (secondary N) is 2. The van der Waals surface area contributed by atoms with E-state index in [1.807, 2.05) is 0 Å². The van der Waals surface area contributed by atoms with Crippen molar-refractivity contribution in [3.63, 3.8) is 0 Å². The smallest absolute Gasteiger partial charge is 0.407 e. The minimum atomic E-state index is -1.14. The van der Waals surface area contributed by atoms with Gasteiger partial charge in [0.25, 0.3) is 0 Å². The van der Waals surface area contributed by atoms with Gasteiger partial charge in [-0.05, 0) is 26.3 Å². The van der Waals surface area contributed by atoms with Crippen LogP contribution < -0.4 is 15.4 Å². The zero-order chi connectivity index (χ0) is 16.8. The van der Waals surface area contributed by atoms with Crippen LogP contribution in [0.1, 0.15) is 31.9 Å². The molecule has 1 rings (SSSR count). The minimum absolute atomic E-state index is 0.0604. The van der Waals surface area contributed by atoms with E-state index < -0.39 is 17.8 Å². The van der Waals surface area contributed by atoms with Crippen LogP contribution >= 0.6 is 0 Å². The van der Waals surface area contributed by atoms with Crippen LogP contribution in [0.25, 0.3) is 0 Å². The predicted octanol–water partition coefficient (Wildman–Crippen LogP) is 1.88. The van der Waals surface area contributed by atoms with E-state index in [9.17, 15) is 9.59 Å². The Kier molecular flexibility index (Phi) is 5.97. The Morgan fingerprint density at radius 1 is 1.23 bits per heavy atom. The molecule has 0 saturated heterocycles. The van der Waals surface area contributed by atoms with Crippen LogP contribution in [0.4, 0.5) is 9.59 Å². The molecule has 1 aromatic heterocycles. The maximum absolute atomic E-state index is 11.7. The SMILES string of the molecule is COc1cncc(CNC(=O)O)c1CNC(=O)OC(C)(C)C. The second kappa shape index (κ2) is 7.48. The maximum atomic E-state index is 11.7. The number of rotatable bonds is 5. The third kappa shape index (κ3) is 5.86. The monoisotopic (exact) mass is 311 g/mol. The topological polar surface area (TPSA) is 110 Å². The van der Waals surface area contributed by atoms with E-state index in [-0.39, 0.29) is 13.1 Å². The number of carbonyl (C=O) groups is 2. The Morgan fingerprint density at radius 3 is 2.45 bits per heavy atom. The Bertz CT molecular complexity index is 540. The van der Waals surface area contributed by atoms with Gasteiger partial charge in [0.05, 0.1) is 19.9 Å². The third-order valence-electron chi connectivity index (χ3n) is 2.57. The normalized spacial score (nSPS) is 10.7. The number of aromatic nitrogens is 1. The number of carboxylic acid groups (broad SMARTS) is 1. The molecule has 0 radical (unpaired) electrons. The van der Waals surface area contributed by atoms with Gasteiger partial charge in [-0.2, -0.15) is 0 Å². The van der Waals surface area contributed by atoms with Crippen LogP contribution in [-0.4, -0.2) is 35.0 Å². The van der Waals surface area contributed by atoms with Gasteiger partial charge in [-0.1, -0.05) is 0 Å². The fourth-order valence-electron chi connectivity index (χ4n) is 1.68. The Morgan fingerprint density at radius 2 is 1.91 bits per heavy atom. The van der Waals surface area contributed by atoms with Gasteiger partial charge in [-0.3, -0.25) is 4.98 Å². The summed E-state index contributed by atoms with van der Waals surface area (Å²) < 4.78 is 10.4. The fourth-order valence-corrected chi connectivity index (χ4v) is 1.68. The highest BCUT2D eigenvalue weighted by atomic mass is 16.6. The molecule has 3 N–H and O–H groups in total. The van der Waals surface area contributed by atoms with Crippen molar-refractivity contribution in [2.45, 2.75) is 39.5 Å². The summed E-state index contributed by atoms with van der Waals surface area (Å²) in [5.41, 5.74) is 0.648. The maximum Gasteiger partial charge on any atom is 0.407 e. The van der Waals surface area contributed by atoms with Crippen molar-refractivity contribution in [1.82, 2.24) is 15.6 Å². The molecule has 0 fully saturated rings. The number of hydrogen-bond acceptors (Lipinski definition) is 5. The molecule has 1 heterocycles. The van der Waals surface area contributed by atoms with E-state index >= 15 is 0 Å². The number of carbonyl (C=O) groups excluding carboxylic acids is 1. The first-order valence-corrected chi connectivity index (χ1v) is 6.66. The second-order valence-corrected chi connectivity index (χ2v) is 5.49. The molecule has 122 valence electrons. The van der Waals surface area contributed by atoms with Gasteiger partial charge in [0.15, 0.2) is 0 Å². The molecule has 0 bridgehead atoms. The number of methoxy groups -OCH3 is 1. The second-order valence-electron chi connectivity index (χ2n) is 5.49. The van der Waals surface area contributed by atoms with E-state index in [0.29, 0.717) is 16.9 Å². The van der Waals surface area contributed by atoms with Crippen LogP contribution in [0.5, 0.6) is 5.75 Å². The van der Waals surface area contributed by atoms with Crippen molar-refractivity contribution < 1.29 is 24.2 Å². The minimum Gasteiger partial charge on any atom is -0.495 e. The van der Waals surface area contributed by atoms with E-state index in [1.54, 1.807) is 20.8 Å². The molecule has 0 aliphatic heterocycles. The van der Waals surface area contributed by atoms with Crippen molar-refractivity contribution in [2.24, 2.45) is 0 Å². The summed E-state index contributed by atoms with van der Waals surface area (Å²) in [6, 6.07) is 0. The Hall–Kier alpha value is -2.51. The summed E-state index contributed by atoms with van der Waals surface area (Å²) >= 11 is 0. The summed E-state index contributed by atoms with van der Waals surface area (Å²) in [7, 11) is 1.47. The predicted molar refractivity (Wildman–Crippen MR) is 78.7 cm³/mol. The number of amides is 2. The van der Waals surface area contributed by atoms with Gasteiger partial charge >= 0.3 is 12.2 Å². The van der Waals surface area contributed by atoms with Gasteiger partial charge < -0.3 is 25.2 Å². The van der Waals surface area contributed by atoms with Gasteiger partial charge in [0.1, 0.15) is 11.4 Å². The molecule has 0 aliphatic carbocycles. The Labute approximate surface area is 128 Å². The number of hydrogen-bond donors (Lipinski definition) is 3. The van der Waals surface area contributed by atoms with Gasteiger partial charge in [0, 0.05) is 18.3 Å². The molecule has 0 spiro atoms. The molecular weight excluding hydrogens is 290 g/mol. The lowest BCUT2D eigenvalue weighted by Gasteiger charge is -2.20. The van der Waals surface area contributed by atoms with Crippen molar-refractivity contribution in [2.75, 3.05) is 7.11 Å². The average molecular weight is 311 g/mol. The zero-order valence-corrected chi connectivity index (χ0v) is 13.1. The van der Waals surface area contributed by atoms with Crippen molar-refractivity contribution in [1.29, 1.82) is 0 Å². The molecule has 0 saturated carbocycles. The highest BCUT2D eigenvalue weighted by Crippen LogP contribution is 2.21. The van der Waals surface area contributed by atoms with Crippen LogP contribution in [0.15, 0.2) is 12.4 Å². The lowest BCUT2D eigenvalue weighted by atomic mass is 10.1. The quantitative estimate of drug-likeness (QED) is 0.766. The van der Waals surface area contributed by atoms with Crippen LogP contribution in [-0.2, 0) is 17.8 Å². The van der Waals surface area contributed by atoms with E-state index in [4.69, 9.17) is 14.6 Å². The summed E-state index contributed by atoms with van der Waals surface area (Å²) in [6.45, 7) is 5.49. The summed E-state index contributed by atoms with van der Waals surface area (Å²) in [6.07, 6.45) is 1.30. The van der Waals surface area contributed by atoms with Gasteiger partial charge in [-0.15, -0.1) is 0 Å². The van der Waals surface area contributed by atoms with E-state index in [2.05, 4.69) is 15.6 Å². The molecule has 2 amide bonds. The fraction of sp³-hybridized carbons (Fsp3) is 0.500. The lowest BCUT2D eigenvalue weighted by Crippen LogP contribution is -2.32. The summed E-state index contributed by atoms with van der Waals surface area (Å²) in [4.78, 5) is 26.3. The van der Waals surface area contributed by atoms with Crippen molar-refractivity contribution >= 4 is 12.2 Å². The summed E-state index contributed by atoms with van der Waals surface area (Å²) in [5, 5.41) is 13.6. The molecule has 0 aromatic carbocycles. The first kappa shape index (κ1) is 17.5. The molecular formula is C14H21N3O5. The average Bonchev–Trinajstić information content (AvgIpc) is 2.40. The van der Waals surface area contributed by atoms with Gasteiger partial charge in [0.2, 0.25) is 0 Å². The van der Waals surface area contributed by atoms with E-state index in [0.717, 1.165) is 0 Å². The standard InChI is InChI=1S/C14H21N3O5/c1-14(2,3)22-13(20)17-7-10-9(6-16-12(18)19)5-15-8-11(10)21-4/h5,8,16H,6-7H2,1-4H3,(H,17,20)(H,18,19). The molecule has 22 heavy (non-hydrogen) atoms. The highest BCUT2D eigenvalue weighted by Gasteiger charge is 2.17. The van der Waals surface area contributed by atoms with Crippen molar-refractivity contribution in [3.05, 3.63) is 23.5 Å². The van der Waals surface area contributed by atoms with Gasteiger partial charge in [-0.25, -0.2) is 9.59 Å².